The van der Waals surface area contributed by atoms with Gasteiger partial charge in [-0.1, -0.05) is 6.07 Å². The summed E-state index contributed by atoms with van der Waals surface area (Å²) in [5.41, 5.74) is 0.898. The Morgan fingerprint density at radius 2 is 2.31 bits per heavy atom. The van der Waals surface area contributed by atoms with Gasteiger partial charge in [0, 0.05) is 12.7 Å². The third kappa shape index (κ3) is 2.47. The van der Waals surface area contributed by atoms with E-state index < -0.39 is 6.04 Å². The number of pyridine rings is 1. The molecule has 0 amide bonds. The monoisotopic (exact) mass is 213 g/mol. The van der Waals surface area contributed by atoms with Gasteiger partial charge >= 0.3 is 0 Å². The minimum atomic E-state index is -0.433. The number of nitrogens with one attached hydrogen (secondary N) is 1. The molecule has 2 heterocycles. The fraction of sp³-hybridized carbons (Fsp3) is 0.167. The van der Waals surface area contributed by atoms with E-state index in [1.807, 2.05) is 18.2 Å². The summed E-state index contributed by atoms with van der Waals surface area (Å²) in [5, 5.41) is 12.1. The first-order chi connectivity index (χ1) is 7.90. The molecule has 0 saturated carbocycles. The summed E-state index contributed by atoms with van der Waals surface area (Å²) in [6.45, 7) is 0.541. The molecule has 1 atom stereocenters. The van der Waals surface area contributed by atoms with E-state index in [-0.39, 0.29) is 0 Å². The average molecular weight is 213 g/mol. The summed E-state index contributed by atoms with van der Waals surface area (Å²) >= 11 is 0. The molecular formula is C12H11N3O. The van der Waals surface area contributed by atoms with Gasteiger partial charge in [-0.3, -0.25) is 10.3 Å². The first-order valence-corrected chi connectivity index (χ1v) is 4.96. The van der Waals surface area contributed by atoms with Crippen LogP contribution >= 0.6 is 0 Å². The summed E-state index contributed by atoms with van der Waals surface area (Å²) < 4.78 is 5.17. The Kier molecular flexibility index (Phi) is 3.31. The topological polar surface area (TPSA) is 61.9 Å². The molecule has 0 fully saturated rings. The predicted octanol–water partition coefficient (Wildman–Crippen LogP) is 2.03. The lowest BCUT2D eigenvalue weighted by atomic mass is 10.2. The van der Waals surface area contributed by atoms with Gasteiger partial charge in [-0.2, -0.15) is 5.26 Å². The number of nitrogens with zero attached hydrogens (tertiary/aromatic N) is 2. The Morgan fingerprint density at radius 3 is 2.94 bits per heavy atom. The molecule has 0 radical (unpaired) electrons. The molecule has 2 aromatic rings. The number of nitriles is 1. The van der Waals surface area contributed by atoms with E-state index in [1.54, 1.807) is 24.6 Å². The number of rotatable bonds is 4. The van der Waals surface area contributed by atoms with E-state index in [9.17, 15) is 0 Å². The smallest absolute Gasteiger partial charge is 0.154 e. The van der Waals surface area contributed by atoms with Crippen LogP contribution in [-0.4, -0.2) is 4.98 Å². The second kappa shape index (κ2) is 5.10. The lowest BCUT2D eigenvalue weighted by Gasteiger charge is -2.07. The molecule has 1 N–H and O–H groups in total. The van der Waals surface area contributed by atoms with Crippen LogP contribution in [0.15, 0.2) is 47.2 Å². The highest BCUT2D eigenvalue weighted by Gasteiger charge is 2.12. The van der Waals surface area contributed by atoms with Crippen molar-refractivity contribution in [3.63, 3.8) is 0 Å². The van der Waals surface area contributed by atoms with Crippen LogP contribution in [0, 0.1) is 11.3 Å². The minimum absolute atomic E-state index is 0.433. The van der Waals surface area contributed by atoms with Crippen molar-refractivity contribution in [3.05, 3.63) is 54.2 Å². The van der Waals surface area contributed by atoms with Crippen molar-refractivity contribution >= 4 is 0 Å². The zero-order valence-corrected chi connectivity index (χ0v) is 8.63. The summed E-state index contributed by atoms with van der Waals surface area (Å²) in [7, 11) is 0. The lowest BCUT2D eigenvalue weighted by Crippen LogP contribution is -2.19. The summed E-state index contributed by atoms with van der Waals surface area (Å²) in [6.07, 6.45) is 3.29. The molecule has 0 aliphatic carbocycles. The molecule has 0 aromatic carbocycles. The molecule has 4 nitrogen and oxygen atoms in total. The highest BCUT2D eigenvalue weighted by Crippen LogP contribution is 2.12. The molecule has 80 valence electrons. The summed E-state index contributed by atoms with van der Waals surface area (Å²) in [4.78, 5) is 4.16. The van der Waals surface area contributed by atoms with Crippen molar-refractivity contribution in [3.8, 4) is 6.07 Å². The maximum absolute atomic E-state index is 8.98. The maximum Gasteiger partial charge on any atom is 0.154 e. The summed E-state index contributed by atoms with van der Waals surface area (Å²) in [5.74, 6) is 0.624. The highest BCUT2D eigenvalue weighted by molar-refractivity contribution is 5.13. The van der Waals surface area contributed by atoms with Gasteiger partial charge in [-0.15, -0.1) is 0 Å². The van der Waals surface area contributed by atoms with Crippen LogP contribution in [0.5, 0.6) is 0 Å². The molecule has 16 heavy (non-hydrogen) atoms. The first-order valence-electron chi connectivity index (χ1n) is 4.96. The van der Waals surface area contributed by atoms with E-state index in [0.29, 0.717) is 12.3 Å². The first kappa shape index (κ1) is 10.4. The van der Waals surface area contributed by atoms with E-state index in [0.717, 1.165) is 5.69 Å². The molecule has 1 unspecified atom stereocenters. The Hall–Kier alpha value is -2.12. The van der Waals surface area contributed by atoms with Gasteiger partial charge in [-0.25, -0.2) is 0 Å². The van der Waals surface area contributed by atoms with Gasteiger partial charge in [0.25, 0.3) is 0 Å². The van der Waals surface area contributed by atoms with Crippen molar-refractivity contribution < 1.29 is 4.42 Å². The third-order valence-corrected chi connectivity index (χ3v) is 2.17. The van der Waals surface area contributed by atoms with Crippen LogP contribution in [0.25, 0.3) is 0 Å². The number of aromatic nitrogens is 1. The zero-order valence-electron chi connectivity index (χ0n) is 8.63. The van der Waals surface area contributed by atoms with Crippen LogP contribution in [0.1, 0.15) is 17.5 Å². The molecule has 0 saturated heterocycles. The Bertz CT molecular complexity index is 459. The van der Waals surface area contributed by atoms with Gasteiger partial charge in [0.15, 0.2) is 6.04 Å². The molecule has 0 aliphatic rings. The second-order valence-electron chi connectivity index (χ2n) is 3.28. The van der Waals surface area contributed by atoms with Crippen LogP contribution in [0.3, 0.4) is 0 Å². The van der Waals surface area contributed by atoms with Crippen molar-refractivity contribution in [1.29, 1.82) is 5.26 Å². The second-order valence-corrected chi connectivity index (χ2v) is 3.28. The molecule has 2 aromatic heterocycles. The minimum Gasteiger partial charge on any atom is -0.467 e. The fourth-order valence-corrected chi connectivity index (χ4v) is 1.37. The quantitative estimate of drug-likeness (QED) is 0.844. The summed E-state index contributed by atoms with van der Waals surface area (Å²) in [6, 6.07) is 10.9. The molecule has 4 heteroatoms. The number of hydrogen-bond donors (Lipinski definition) is 1. The van der Waals surface area contributed by atoms with Crippen LogP contribution in [-0.2, 0) is 6.54 Å². The van der Waals surface area contributed by atoms with Crippen LogP contribution in [0.2, 0.25) is 0 Å². The maximum atomic E-state index is 8.98. The lowest BCUT2D eigenvalue weighted by molar-refractivity contribution is 0.455. The largest absolute Gasteiger partial charge is 0.467 e. The van der Waals surface area contributed by atoms with Gasteiger partial charge in [0.2, 0.25) is 0 Å². The molecule has 0 spiro atoms. The molecule has 0 bridgehead atoms. The van der Waals surface area contributed by atoms with Crippen molar-refractivity contribution in [2.24, 2.45) is 0 Å². The average Bonchev–Trinajstić information content (AvgIpc) is 2.85. The number of hydrogen-bond acceptors (Lipinski definition) is 4. The standard InChI is InChI=1S/C12H11N3O/c13-8-11(12-5-3-7-16-12)15-9-10-4-1-2-6-14-10/h1-7,11,15H,9H2. The third-order valence-electron chi connectivity index (χ3n) is 2.17. The Balaban J connectivity index is 1.97. The predicted molar refractivity (Wildman–Crippen MR) is 58.1 cm³/mol. The Morgan fingerprint density at radius 1 is 1.38 bits per heavy atom. The van der Waals surface area contributed by atoms with Crippen molar-refractivity contribution in [2.75, 3.05) is 0 Å². The van der Waals surface area contributed by atoms with Gasteiger partial charge < -0.3 is 4.42 Å². The van der Waals surface area contributed by atoms with Crippen molar-refractivity contribution in [2.45, 2.75) is 12.6 Å². The molecular weight excluding hydrogens is 202 g/mol. The normalized spacial score (nSPS) is 11.9. The molecule has 0 aliphatic heterocycles. The van der Waals surface area contributed by atoms with E-state index in [2.05, 4.69) is 16.4 Å². The fourth-order valence-electron chi connectivity index (χ4n) is 1.37. The van der Waals surface area contributed by atoms with E-state index in [1.165, 1.54) is 0 Å². The Labute approximate surface area is 93.5 Å². The highest BCUT2D eigenvalue weighted by atomic mass is 16.3. The van der Waals surface area contributed by atoms with Gasteiger partial charge in [-0.05, 0) is 24.3 Å². The van der Waals surface area contributed by atoms with Crippen LogP contribution < -0.4 is 5.32 Å². The van der Waals surface area contributed by atoms with Gasteiger partial charge in [0.1, 0.15) is 5.76 Å². The number of furan rings is 1. The van der Waals surface area contributed by atoms with Gasteiger partial charge in [0.05, 0.1) is 18.0 Å². The van der Waals surface area contributed by atoms with Crippen molar-refractivity contribution in [1.82, 2.24) is 10.3 Å². The molecule has 2 rings (SSSR count). The SMILES string of the molecule is N#CC(NCc1ccccn1)c1ccco1. The zero-order chi connectivity index (χ0) is 11.2. The van der Waals surface area contributed by atoms with E-state index in [4.69, 9.17) is 9.68 Å². The van der Waals surface area contributed by atoms with E-state index >= 15 is 0 Å². The van der Waals surface area contributed by atoms with Crippen LogP contribution in [0.4, 0.5) is 0 Å².